The monoisotopic (exact) mass is 638 g/mol. The number of aliphatic carboxylic acids is 3. The van der Waals surface area contributed by atoms with E-state index in [-0.39, 0.29) is 5.91 Å². The first-order chi connectivity index (χ1) is 19.4. The molecular formula is C23H23F9N4O7. The molecule has 0 aliphatic carbocycles. The van der Waals surface area contributed by atoms with Gasteiger partial charge in [0.1, 0.15) is 0 Å². The number of likely N-dealkylation sites (tertiary alicyclic amines) is 1. The highest BCUT2D eigenvalue weighted by Crippen LogP contribution is 2.20. The zero-order chi connectivity index (χ0) is 33.8. The Morgan fingerprint density at radius 3 is 1.44 bits per heavy atom. The van der Waals surface area contributed by atoms with Crippen LogP contribution in [0.5, 0.6) is 0 Å². The Hall–Kier alpha value is -4.75. The minimum Gasteiger partial charge on any atom is -0.475 e. The van der Waals surface area contributed by atoms with Crippen LogP contribution in [0.3, 0.4) is 0 Å². The molecule has 0 radical (unpaired) electrons. The maximum absolute atomic E-state index is 12.2. The minimum absolute atomic E-state index is 0.159. The van der Waals surface area contributed by atoms with Crippen molar-refractivity contribution in [3.05, 3.63) is 54.1 Å². The maximum Gasteiger partial charge on any atom is 0.490 e. The Balaban J connectivity index is 0.000000690. The summed E-state index contributed by atoms with van der Waals surface area (Å²) in [6.07, 6.45) is -15.3. The van der Waals surface area contributed by atoms with Crippen molar-refractivity contribution in [1.29, 1.82) is 0 Å². The van der Waals surface area contributed by atoms with Gasteiger partial charge in [0.15, 0.2) is 0 Å². The Morgan fingerprint density at radius 1 is 0.744 bits per heavy atom. The number of halogens is 9. The van der Waals surface area contributed by atoms with E-state index in [1.54, 1.807) is 12.1 Å². The lowest BCUT2D eigenvalue weighted by atomic mass is 10.1. The van der Waals surface area contributed by atoms with E-state index in [1.807, 2.05) is 36.4 Å². The van der Waals surface area contributed by atoms with Gasteiger partial charge in [-0.3, -0.25) is 4.79 Å². The standard InChI is InChI=1S/C17H20N4O.3C2HF3O2/c1-21-10-14(11-21)19-13-8-6-12(7-9-13)17(22)20-16-5-3-2-4-15(16)18;3*3-2(4,5)1(6)7/h2-9,14,19H,10-11,18H2,1H3,(H,20,22);3*(H,6,7). The van der Waals surface area contributed by atoms with Gasteiger partial charge in [0, 0.05) is 24.3 Å². The fraction of sp³-hybridized carbons (Fsp3) is 0.304. The van der Waals surface area contributed by atoms with Crippen molar-refractivity contribution in [3.63, 3.8) is 0 Å². The molecule has 0 saturated carbocycles. The van der Waals surface area contributed by atoms with Crippen molar-refractivity contribution < 1.29 is 74.0 Å². The first-order valence-electron chi connectivity index (χ1n) is 11.1. The van der Waals surface area contributed by atoms with Crippen molar-refractivity contribution in [1.82, 2.24) is 4.90 Å². The van der Waals surface area contributed by atoms with Crippen LogP contribution in [0.15, 0.2) is 48.5 Å². The second-order valence-corrected chi connectivity index (χ2v) is 8.09. The van der Waals surface area contributed by atoms with Gasteiger partial charge < -0.3 is 36.6 Å². The van der Waals surface area contributed by atoms with Gasteiger partial charge in [0.25, 0.3) is 5.91 Å². The predicted octanol–water partition coefficient (Wildman–Crippen LogP) is 4.15. The second kappa shape index (κ2) is 16.0. The molecule has 0 unspecified atom stereocenters. The van der Waals surface area contributed by atoms with E-state index in [4.69, 9.17) is 35.4 Å². The second-order valence-electron chi connectivity index (χ2n) is 8.09. The Kier molecular flexibility index (Phi) is 14.3. The van der Waals surface area contributed by atoms with Crippen LogP contribution in [0.1, 0.15) is 10.4 Å². The fourth-order valence-corrected chi connectivity index (χ4v) is 2.55. The highest BCUT2D eigenvalue weighted by atomic mass is 19.4. The van der Waals surface area contributed by atoms with E-state index in [1.165, 1.54) is 0 Å². The largest absolute Gasteiger partial charge is 0.490 e. The molecule has 1 amide bonds. The minimum atomic E-state index is -5.08. The molecule has 2 aromatic carbocycles. The maximum atomic E-state index is 12.2. The lowest BCUT2D eigenvalue weighted by molar-refractivity contribution is -0.193. The van der Waals surface area contributed by atoms with Crippen LogP contribution in [-0.4, -0.2) is 88.7 Å². The van der Waals surface area contributed by atoms with Gasteiger partial charge in [-0.25, -0.2) is 14.4 Å². The van der Waals surface area contributed by atoms with Crippen LogP contribution in [-0.2, 0) is 14.4 Å². The van der Waals surface area contributed by atoms with E-state index in [0.29, 0.717) is 23.0 Å². The topological polar surface area (TPSA) is 182 Å². The number of nitrogens with two attached hydrogens (primary N) is 1. The van der Waals surface area contributed by atoms with Crippen molar-refractivity contribution in [3.8, 4) is 0 Å². The quantitative estimate of drug-likeness (QED) is 0.210. The number of nitrogen functional groups attached to an aromatic ring is 1. The molecule has 20 heteroatoms. The molecule has 3 rings (SSSR count). The molecule has 0 bridgehead atoms. The Bertz CT molecular complexity index is 1170. The number of alkyl halides is 9. The molecule has 7 N–H and O–H groups in total. The average Bonchev–Trinajstić information content (AvgIpc) is 2.84. The molecule has 0 atom stereocenters. The third-order valence-corrected chi connectivity index (χ3v) is 4.52. The predicted molar refractivity (Wildman–Crippen MR) is 131 cm³/mol. The number of carboxylic acids is 3. The molecule has 43 heavy (non-hydrogen) atoms. The third kappa shape index (κ3) is 15.7. The molecule has 1 fully saturated rings. The number of nitrogens with one attached hydrogen (secondary N) is 2. The number of nitrogens with zero attached hydrogens (tertiary/aromatic N) is 1. The van der Waals surface area contributed by atoms with Crippen LogP contribution >= 0.6 is 0 Å². The summed E-state index contributed by atoms with van der Waals surface area (Å²) in [4.78, 5) is 41.2. The number of likely N-dealkylation sites (N-methyl/N-ethyl adjacent to an activating group) is 1. The van der Waals surface area contributed by atoms with Gasteiger partial charge in [0.2, 0.25) is 0 Å². The first kappa shape index (κ1) is 38.2. The van der Waals surface area contributed by atoms with Gasteiger partial charge in [-0.15, -0.1) is 0 Å². The summed E-state index contributed by atoms with van der Waals surface area (Å²) >= 11 is 0. The summed E-state index contributed by atoms with van der Waals surface area (Å²) < 4.78 is 95.2. The smallest absolute Gasteiger partial charge is 0.475 e. The lowest BCUT2D eigenvalue weighted by Crippen LogP contribution is -2.52. The van der Waals surface area contributed by atoms with Gasteiger partial charge >= 0.3 is 36.4 Å². The zero-order valence-electron chi connectivity index (χ0n) is 21.5. The van der Waals surface area contributed by atoms with Crippen LogP contribution < -0.4 is 16.4 Å². The van der Waals surface area contributed by atoms with Crippen LogP contribution in [0.2, 0.25) is 0 Å². The average molecular weight is 638 g/mol. The number of anilines is 3. The number of hydrogen-bond donors (Lipinski definition) is 6. The number of carbonyl (C=O) groups is 4. The van der Waals surface area contributed by atoms with E-state index in [2.05, 4.69) is 22.6 Å². The van der Waals surface area contributed by atoms with E-state index in [0.717, 1.165) is 18.8 Å². The number of carboxylic acid groups (broad SMARTS) is 3. The molecule has 2 aromatic rings. The number of rotatable bonds is 4. The molecule has 1 heterocycles. The molecule has 11 nitrogen and oxygen atoms in total. The molecule has 1 saturated heterocycles. The molecule has 1 aliphatic heterocycles. The third-order valence-electron chi connectivity index (χ3n) is 4.52. The number of carbonyl (C=O) groups excluding carboxylic acids is 1. The van der Waals surface area contributed by atoms with Crippen molar-refractivity contribution in [2.24, 2.45) is 0 Å². The van der Waals surface area contributed by atoms with Crippen molar-refractivity contribution >= 4 is 40.9 Å². The van der Waals surface area contributed by atoms with E-state index >= 15 is 0 Å². The van der Waals surface area contributed by atoms with E-state index < -0.39 is 36.4 Å². The van der Waals surface area contributed by atoms with Gasteiger partial charge in [-0.2, -0.15) is 39.5 Å². The molecular weight excluding hydrogens is 615 g/mol. The van der Waals surface area contributed by atoms with Gasteiger partial charge in [-0.1, -0.05) is 12.1 Å². The fourth-order valence-electron chi connectivity index (χ4n) is 2.55. The van der Waals surface area contributed by atoms with Crippen LogP contribution in [0.25, 0.3) is 0 Å². The Morgan fingerprint density at radius 2 is 1.12 bits per heavy atom. The van der Waals surface area contributed by atoms with Gasteiger partial charge in [0.05, 0.1) is 17.4 Å². The zero-order valence-corrected chi connectivity index (χ0v) is 21.5. The number of benzene rings is 2. The van der Waals surface area contributed by atoms with Crippen molar-refractivity contribution in [2.45, 2.75) is 24.6 Å². The molecule has 0 aromatic heterocycles. The highest BCUT2D eigenvalue weighted by Gasteiger charge is 2.39. The van der Waals surface area contributed by atoms with E-state index in [9.17, 15) is 44.3 Å². The molecule has 0 spiro atoms. The first-order valence-corrected chi connectivity index (χ1v) is 11.1. The normalized spacial score (nSPS) is 13.3. The summed E-state index contributed by atoms with van der Waals surface area (Å²) in [5.74, 6) is -8.43. The summed E-state index contributed by atoms with van der Waals surface area (Å²) in [5.41, 5.74) is 8.67. The Labute approximate surface area is 235 Å². The van der Waals surface area contributed by atoms with Gasteiger partial charge in [-0.05, 0) is 43.4 Å². The number of hydrogen-bond acceptors (Lipinski definition) is 7. The van der Waals surface area contributed by atoms with Crippen LogP contribution in [0.4, 0.5) is 56.6 Å². The SMILES string of the molecule is CN1CC(Nc2ccc(C(=O)Nc3ccccc3N)cc2)C1.O=C(O)C(F)(F)F.O=C(O)C(F)(F)F.O=C(O)C(F)(F)F. The lowest BCUT2D eigenvalue weighted by Gasteiger charge is -2.37. The summed E-state index contributed by atoms with van der Waals surface area (Å²) in [5, 5.41) is 27.6. The van der Waals surface area contributed by atoms with Crippen LogP contribution in [0, 0.1) is 0 Å². The summed E-state index contributed by atoms with van der Waals surface area (Å²) in [6.45, 7) is 2.10. The number of para-hydroxylation sites is 2. The number of amides is 1. The summed E-state index contributed by atoms with van der Waals surface area (Å²) in [6, 6.07) is 15.2. The molecule has 1 aliphatic rings. The molecule has 240 valence electrons. The highest BCUT2D eigenvalue weighted by molar-refractivity contribution is 6.05. The van der Waals surface area contributed by atoms with Crippen molar-refractivity contribution in [2.75, 3.05) is 36.5 Å². The summed E-state index contributed by atoms with van der Waals surface area (Å²) in [7, 11) is 2.10.